The van der Waals surface area contributed by atoms with Gasteiger partial charge in [-0.3, -0.25) is 0 Å². The number of aromatic amines is 3. The zero-order valence-corrected chi connectivity index (χ0v) is 25.5. The Morgan fingerprint density at radius 3 is 1.26 bits per heavy atom. The van der Waals surface area contributed by atoms with Crippen LogP contribution in [-0.4, -0.2) is 15.0 Å². The predicted octanol–water partition coefficient (Wildman–Crippen LogP) is 12.1. The van der Waals surface area contributed by atoms with Gasteiger partial charge in [-0.15, -0.1) is 0 Å². The third kappa shape index (κ3) is 3.87. The fourth-order valence-electron chi connectivity index (χ4n) is 7.66. The third-order valence-electron chi connectivity index (χ3n) is 9.74. The third-order valence-corrected chi connectivity index (χ3v) is 9.74. The Bertz CT molecular complexity index is 2780. The molecule has 3 N–H and O–H groups in total. The molecule has 10 aromatic rings. The largest absolute Gasteiger partial charge is 0.354 e. The molecule has 47 heavy (non-hydrogen) atoms. The molecule has 0 aliphatic carbocycles. The number of H-pyrrole nitrogens is 3. The molecule has 0 aliphatic heterocycles. The molecule has 10 rings (SSSR count). The SMILES string of the molecule is c1ccc(-c2ccc3c([nH]c4ccccc43)c2-c2[nH]c3ccccc3c2-c2c(-c3ccccc3)ccc3c2[nH]c2ccccc23)cc1. The summed E-state index contributed by atoms with van der Waals surface area (Å²) in [5.41, 5.74) is 15.1. The summed E-state index contributed by atoms with van der Waals surface area (Å²) in [7, 11) is 0. The second kappa shape index (κ2) is 10.1. The van der Waals surface area contributed by atoms with Crippen LogP contribution >= 0.6 is 0 Å². The highest BCUT2D eigenvalue weighted by atomic mass is 14.8. The number of fused-ring (bicyclic) bond motifs is 7. The van der Waals surface area contributed by atoms with E-state index in [0.29, 0.717) is 0 Å². The molecule has 0 atom stereocenters. The number of benzene rings is 7. The Hall–Kier alpha value is -6.32. The summed E-state index contributed by atoms with van der Waals surface area (Å²) in [5.74, 6) is 0. The van der Waals surface area contributed by atoms with Crippen LogP contribution in [0.25, 0.3) is 99.2 Å². The molecule has 0 fully saturated rings. The van der Waals surface area contributed by atoms with Gasteiger partial charge in [-0.1, -0.05) is 140 Å². The fraction of sp³-hybridized carbons (Fsp3) is 0. The van der Waals surface area contributed by atoms with Gasteiger partial charge in [0.05, 0.1) is 16.7 Å². The number of hydrogen-bond acceptors (Lipinski definition) is 0. The van der Waals surface area contributed by atoms with E-state index in [9.17, 15) is 0 Å². The van der Waals surface area contributed by atoms with Crippen molar-refractivity contribution in [1.82, 2.24) is 15.0 Å². The number of hydrogen-bond donors (Lipinski definition) is 3. The molecule has 0 unspecified atom stereocenters. The van der Waals surface area contributed by atoms with Crippen LogP contribution < -0.4 is 0 Å². The van der Waals surface area contributed by atoms with Gasteiger partial charge in [0.25, 0.3) is 0 Å². The highest BCUT2D eigenvalue weighted by molar-refractivity contribution is 6.22. The van der Waals surface area contributed by atoms with E-state index in [4.69, 9.17) is 0 Å². The molecule has 3 heteroatoms. The van der Waals surface area contributed by atoms with E-state index >= 15 is 0 Å². The Labute approximate surface area is 271 Å². The van der Waals surface area contributed by atoms with Gasteiger partial charge in [0, 0.05) is 60.2 Å². The molecule has 0 spiro atoms. The van der Waals surface area contributed by atoms with Crippen molar-refractivity contribution in [2.45, 2.75) is 0 Å². The first-order chi connectivity index (χ1) is 23.3. The van der Waals surface area contributed by atoms with Crippen molar-refractivity contribution in [3.8, 4) is 44.6 Å². The number of rotatable bonds is 4. The van der Waals surface area contributed by atoms with Gasteiger partial charge in [-0.05, 0) is 40.5 Å². The van der Waals surface area contributed by atoms with E-state index in [0.717, 1.165) is 33.3 Å². The highest BCUT2D eigenvalue weighted by Gasteiger charge is 2.26. The maximum Gasteiger partial charge on any atom is 0.0573 e. The van der Waals surface area contributed by atoms with Crippen LogP contribution in [0.2, 0.25) is 0 Å². The van der Waals surface area contributed by atoms with Crippen LogP contribution in [0, 0.1) is 0 Å². The minimum atomic E-state index is 1.10. The van der Waals surface area contributed by atoms with Crippen LogP contribution in [-0.2, 0) is 0 Å². The molecule has 0 saturated carbocycles. The lowest BCUT2D eigenvalue weighted by molar-refractivity contribution is 1.44. The van der Waals surface area contributed by atoms with E-state index in [2.05, 4.69) is 173 Å². The second-order valence-electron chi connectivity index (χ2n) is 12.3. The summed E-state index contributed by atoms with van der Waals surface area (Å²) < 4.78 is 0. The number of nitrogens with one attached hydrogen (secondary N) is 3. The quantitative estimate of drug-likeness (QED) is 0.180. The van der Waals surface area contributed by atoms with E-state index in [1.165, 1.54) is 65.9 Å². The summed E-state index contributed by atoms with van der Waals surface area (Å²) in [4.78, 5) is 11.7. The monoisotopic (exact) mass is 599 g/mol. The zero-order valence-electron chi connectivity index (χ0n) is 25.5. The van der Waals surface area contributed by atoms with Crippen LogP contribution in [0.5, 0.6) is 0 Å². The average molecular weight is 600 g/mol. The lowest BCUT2D eigenvalue weighted by Gasteiger charge is -2.17. The number of aromatic nitrogens is 3. The minimum absolute atomic E-state index is 1.10. The van der Waals surface area contributed by atoms with Gasteiger partial charge in [0.15, 0.2) is 0 Å². The molecule has 220 valence electrons. The Kier molecular flexibility index (Phi) is 5.57. The summed E-state index contributed by atoms with van der Waals surface area (Å²) in [5, 5.41) is 6.08. The van der Waals surface area contributed by atoms with Crippen molar-refractivity contribution in [3.63, 3.8) is 0 Å². The second-order valence-corrected chi connectivity index (χ2v) is 12.3. The smallest absolute Gasteiger partial charge is 0.0573 e. The highest BCUT2D eigenvalue weighted by Crippen LogP contribution is 2.50. The topological polar surface area (TPSA) is 47.4 Å². The molecule has 0 saturated heterocycles. The molecule has 3 aromatic heterocycles. The van der Waals surface area contributed by atoms with Crippen molar-refractivity contribution in [2.24, 2.45) is 0 Å². The zero-order chi connectivity index (χ0) is 30.9. The summed E-state index contributed by atoms with van der Waals surface area (Å²) in [6, 6.07) is 56.7. The van der Waals surface area contributed by atoms with Gasteiger partial charge < -0.3 is 15.0 Å². The lowest BCUT2D eigenvalue weighted by Crippen LogP contribution is -1.93. The molecule has 7 aromatic carbocycles. The van der Waals surface area contributed by atoms with Crippen LogP contribution in [0.1, 0.15) is 0 Å². The maximum atomic E-state index is 3.97. The molecule has 0 aliphatic rings. The normalized spacial score (nSPS) is 11.8. The molecular formula is C44H29N3. The van der Waals surface area contributed by atoms with Gasteiger partial charge in [0.2, 0.25) is 0 Å². The Morgan fingerprint density at radius 2 is 0.702 bits per heavy atom. The molecule has 0 amide bonds. The van der Waals surface area contributed by atoms with Crippen molar-refractivity contribution in [3.05, 3.63) is 158 Å². The standard InChI is InChI=1S/C44H29N3/c1-3-13-27(14-4-1)29-23-25-33-31-17-7-10-20-36(31)45-42(33)39(29)40-35-19-9-12-22-38(35)47-44(40)41-30(28-15-5-2-6-16-28)24-26-34-32-18-8-11-21-37(32)46-43(34)41/h1-26,45-47H. The first-order valence-electron chi connectivity index (χ1n) is 16.1. The first-order valence-corrected chi connectivity index (χ1v) is 16.1. The van der Waals surface area contributed by atoms with E-state index in [-0.39, 0.29) is 0 Å². The first kappa shape index (κ1) is 26.0. The fourth-order valence-corrected chi connectivity index (χ4v) is 7.66. The van der Waals surface area contributed by atoms with Crippen molar-refractivity contribution >= 4 is 54.5 Å². The van der Waals surface area contributed by atoms with Gasteiger partial charge in [-0.25, -0.2) is 0 Å². The van der Waals surface area contributed by atoms with Crippen molar-refractivity contribution < 1.29 is 0 Å². The van der Waals surface area contributed by atoms with Gasteiger partial charge in [0.1, 0.15) is 0 Å². The van der Waals surface area contributed by atoms with E-state index in [1.54, 1.807) is 0 Å². The molecule has 0 radical (unpaired) electrons. The van der Waals surface area contributed by atoms with Crippen LogP contribution in [0.15, 0.2) is 158 Å². The maximum absolute atomic E-state index is 3.97. The van der Waals surface area contributed by atoms with Crippen molar-refractivity contribution in [2.75, 3.05) is 0 Å². The predicted molar refractivity (Wildman–Crippen MR) is 199 cm³/mol. The summed E-state index contributed by atoms with van der Waals surface area (Å²) in [6.07, 6.45) is 0. The van der Waals surface area contributed by atoms with Crippen molar-refractivity contribution in [1.29, 1.82) is 0 Å². The van der Waals surface area contributed by atoms with Crippen LogP contribution in [0.3, 0.4) is 0 Å². The Balaban J connectivity index is 1.42. The molecule has 3 nitrogen and oxygen atoms in total. The van der Waals surface area contributed by atoms with Gasteiger partial charge >= 0.3 is 0 Å². The molecule has 3 heterocycles. The van der Waals surface area contributed by atoms with E-state index in [1.807, 2.05) is 0 Å². The molecular weight excluding hydrogens is 571 g/mol. The molecule has 0 bridgehead atoms. The van der Waals surface area contributed by atoms with Gasteiger partial charge in [-0.2, -0.15) is 0 Å². The Morgan fingerprint density at radius 1 is 0.277 bits per heavy atom. The summed E-state index contributed by atoms with van der Waals surface area (Å²) in [6.45, 7) is 0. The van der Waals surface area contributed by atoms with Crippen LogP contribution in [0.4, 0.5) is 0 Å². The van der Waals surface area contributed by atoms with E-state index < -0.39 is 0 Å². The number of para-hydroxylation sites is 3. The summed E-state index contributed by atoms with van der Waals surface area (Å²) >= 11 is 0. The minimum Gasteiger partial charge on any atom is -0.354 e. The lowest BCUT2D eigenvalue weighted by atomic mass is 9.87. The average Bonchev–Trinajstić information content (AvgIpc) is 3.83.